The molecule has 0 amide bonds. The molecular weight excluding hydrogens is 220 g/mol. The van der Waals surface area contributed by atoms with Crippen molar-refractivity contribution in [1.82, 2.24) is 9.78 Å². The van der Waals surface area contributed by atoms with E-state index in [9.17, 15) is 0 Å². The Morgan fingerprint density at radius 2 is 2.44 bits per heavy atom. The van der Waals surface area contributed by atoms with E-state index in [2.05, 4.69) is 36.2 Å². The molecule has 1 aliphatic heterocycles. The topological polar surface area (TPSA) is 42.2 Å². The van der Waals surface area contributed by atoms with Crippen LogP contribution in [-0.2, 0) is 6.54 Å². The normalized spacial score (nSPS) is 20.2. The number of anilines is 1. The Morgan fingerprint density at radius 3 is 3.00 bits per heavy atom. The van der Waals surface area contributed by atoms with Crippen molar-refractivity contribution in [3.8, 4) is 0 Å². The second-order valence-electron chi connectivity index (χ2n) is 4.27. The first-order valence-electron chi connectivity index (χ1n) is 5.69. The first kappa shape index (κ1) is 11.5. The fraction of sp³-hybridized carbons (Fsp3) is 0.636. The van der Waals surface area contributed by atoms with E-state index in [1.54, 1.807) is 11.8 Å². The third-order valence-electron chi connectivity index (χ3n) is 2.65. The van der Waals surface area contributed by atoms with Gasteiger partial charge in [0.25, 0.3) is 0 Å². The van der Waals surface area contributed by atoms with Crippen LogP contribution in [0, 0.1) is 5.92 Å². The van der Waals surface area contributed by atoms with Crippen LogP contribution < -0.4 is 5.32 Å². The van der Waals surface area contributed by atoms with Gasteiger partial charge in [0.2, 0.25) is 0 Å². The predicted molar refractivity (Wildman–Crippen MR) is 70.0 cm³/mol. The van der Waals surface area contributed by atoms with E-state index in [-0.39, 0.29) is 0 Å². The number of aromatic nitrogens is 2. The van der Waals surface area contributed by atoms with Crippen molar-refractivity contribution in [3.05, 3.63) is 12.4 Å². The summed E-state index contributed by atoms with van der Waals surface area (Å²) in [6.45, 7) is 7.41. The van der Waals surface area contributed by atoms with Gasteiger partial charge in [0.05, 0.1) is 17.9 Å². The molecule has 0 fully saturated rings. The monoisotopic (exact) mass is 238 g/mol. The number of rotatable bonds is 3. The Labute approximate surface area is 101 Å². The molecule has 0 spiro atoms. The Kier molecular flexibility index (Phi) is 3.53. The SMILES string of the molecule is CCn1cc(NC2=N[C@@H](C(C)C)CS2)cn1. The highest BCUT2D eigenvalue weighted by Crippen LogP contribution is 2.24. The highest BCUT2D eigenvalue weighted by molar-refractivity contribution is 8.14. The van der Waals surface area contributed by atoms with Crippen LogP contribution in [0.2, 0.25) is 0 Å². The van der Waals surface area contributed by atoms with E-state index in [0.717, 1.165) is 23.2 Å². The van der Waals surface area contributed by atoms with Crippen LogP contribution in [0.1, 0.15) is 20.8 Å². The number of hydrogen-bond acceptors (Lipinski definition) is 4. The van der Waals surface area contributed by atoms with Crippen LogP contribution in [0.5, 0.6) is 0 Å². The minimum atomic E-state index is 0.453. The average Bonchev–Trinajstić information content (AvgIpc) is 2.87. The van der Waals surface area contributed by atoms with Crippen LogP contribution in [0.3, 0.4) is 0 Å². The predicted octanol–water partition coefficient (Wildman–Crippen LogP) is 2.44. The fourth-order valence-electron chi connectivity index (χ4n) is 1.52. The molecule has 2 rings (SSSR count). The summed E-state index contributed by atoms with van der Waals surface area (Å²) >= 11 is 1.79. The van der Waals surface area contributed by atoms with Crippen molar-refractivity contribution in [1.29, 1.82) is 0 Å². The fourth-order valence-corrected chi connectivity index (χ4v) is 2.71. The minimum Gasteiger partial charge on any atom is -0.332 e. The van der Waals surface area contributed by atoms with Gasteiger partial charge < -0.3 is 5.32 Å². The summed E-state index contributed by atoms with van der Waals surface area (Å²) < 4.78 is 1.91. The number of aryl methyl sites for hydroxylation is 1. The third kappa shape index (κ3) is 2.58. The van der Waals surface area contributed by atoms with Crippen LogP contribution in [-0.4, -0.2) is 26.7 Å². The second-order valence-corrected chi connectivity index (χ2v) is 5.28. The van der Waals surface area contributed by atoms with Crippen LogP contribution >= 0.6 is 11.8 Å². The molecule has 1 N–H and O–H groups in total. The second kappa shape index (κ2) is 4.91. The molecule has 16 heavy (non-hydrogen) atoms. The zero-order valence-corrected chi connectivity index (χ0v) is 10.8. The largest absolute Gasteiger partial charge is 0.332 e. The van der Waals surface area contributed by atoms with Crippen molar-refractivity contribution in [2.75, 3.05) is 11.1 Å². The lowest BCUT2D eigenvalue weighted by Gasteiger charge is -2.07. The summed E-state index contributed by atoms with van der Waals surface area (Å²) in [5, 5.41) is 8.55. The van der Waals surface area contributed by atoms with Gasteiger partial charge in [0.1, 0.15) is 0 Å². The van der Waals surface area contributed by atoms with Crippen molar-refractivity contribution in [2.24, 2.45) is 10.9 Å². The van der Waals surface area contributed by atoms with Gasteiger partial charge in [-0.15, -0.1) is 0 Å². The molecule has 1 aromatic heterocycles. The van der Waals surface area contributed by atoms with Crippen molar-refractivity contribution in [2.45, 2.75) is 33.4 Å². The Hall–Kier alpha value is -0.970. The number of aliphatic imine (C=N–C) groups is 1. The van der Waals surface area contributed by atoms with E-state index in [1.165, 1.54) is 0 Å². The molecule has 1 aromatic rings. The maximum absolute atomic E-state index is 4.65. The minimum absolute atomic E-state index is 0.453. The first-order valence-corrected chi connectivity index (χ1v) is 6.67. The lowest BCUT2D eigenvalue weighted by Crippen LogP contribution is -2.12. The van der Waals surface area contributed by atoms with Crippen molar-refractivity contribution < 1.29 is 0 Å². The molecule has 0 unspecified atom stereocenters. The Balaban J connectivity index is 1.98. The van der Waals surface area contributed by atoms with Gasteiger partial charge in [0, 0.05) is 18.5 Å². The molecule has 1 aliphatic rings. The summed E-state index contributed by atoms with van der Waals surface area (Å²) in [7, 11) is 0. The molecule has 2 heterocycles. The number of thioether (sulfide) groups is 1. The average molecular weight is 238 g/mol. The maximum atomic E-state index is 4.65. The summed E-state index contributed by atoms with van der Waals surface area (Å²) in [5.74, 6) is 1.70. The molecule has 4 nitrogen and oxygen atoms in total. The Bertz CT molecular complexity index is 383. The van der Waals surface area contributed by atoms with Crippen LogP contribution in [0.15, 0.2) is 17.4 Å². The van der Waals surface area contributed by atoms with Crippen LogP contribution in [0.25, 0.3) is 0 Å². The zero-order valence-electron chi connectivity index (χ0n) is 9.97. The van der Waals surface area contributed by atoms with Gasteiger partial charge in [-0.2, -0.15) is 5.10 Å². The zero-order chi connectivity index (χ0) is 11.5. The molecule has 0 aromatic carbocycles. The molecule has 0 saturated carbocycles. The molecule has 88 valence electrons. The maximum Gasteiger partial charge on any atom is 0.161 e. The third-order valence-corrected chi connectivity index (χ3v) is 3.64. The van der Waals surface area contributed by atoms with E-state index >= 15 is 0 Å². The summed E-state index contributed by atoms with van der Waals surface area (Å²) in [4.78, 5) is 4.65. The smallest absolute Gasteiger partial charge is 0.161 e. The van der Waals surface area contributed by atoms with E-state index in [4.69, 9.17) is 0 Å². The standard InChI is InChI=1S/C11H18N4S/c1-4-15-6-9(5-12-15)13-11-14-10(7-16-11)8(2)3/h5-6,8,10H,4,7H2,1-3H3,(H,13,14)/t10-/m1/s1. The number of hydrogen-bond donors (Lipinski definition) is 1. The van der Waals surface area contributed by atoms with Gasteiger partial charge in [-0.25, -0.2) is 0 Å². The lowest BCUT2D eigenvalue weighted by atomic mass is 10.1. The molecule has 0 saturated heterocycles. The summed E-state index contributed by atoms with van der Waals surface area (Å²) in [6, 6.07) is 0.453. The van der Waals surface area contributed by atoms with Gasteiger partial charge >= 0.3 is 0 Å². The van der Waals surface area contributed by atoms with Gasteiger partial charge in [-0.05, 0) is 12.8 Å². The van der Waals surface area contributed by atoms with Crippen molar-refractivity contribution in [3.63, 3.8) is 0 Å². The number of nitrogens with zero attached hydrogens (tertiary/aromatic N) is 3. The quantitative estimate of drug-likeness (QED) is 0.879. The van der Waals surface area contributed by atoms with E-state index in [0.29, 0.717) is 12.0 Å². The number of nitrogens with one attached hydrogen (secondary N) is 1. The van der Waals surface area contributed by atoms with E-state index in [1.807, 2.05) is 17.1 Å². The van der Waals surface area contributed by atoms with Gasteiger partial charge in [0.15, 0.2) is 5.17 Å². The first-order chi connectivity index (χ1) is 7.69. The highest BCUT2D eigenvalue weighted by atomic mass is 32.2. The van der Waals surface area contributed by atoms with Crippen molar-refractivity contribution >= 4 is 22.6 Å². The Morgan fingerprint density at radius 1 is 1.62 bits per heavy atom. The van der Waals surface area contributed by atoms with Gasteiger partial charge in [-0.3, -0.25) is 9.67 Å². The van der Waals surface area contributed by atoms with Crippen LogP contribution in [0.4, 0.5) is 5.69 Å². The summed E-state index contributed by atoms with van der Waals surface area (Å²) in [6.07, 6.45) is 3.85. The molecule has 0 radical (unpaired) electrons. The highest BCUT2D eigenvalue weighted by Gasteiger charge is 2.21. The van der Waals surface area contributed by atoms with E-state index < -0.39 is 0 Å². The summed E-state index contributed by atoms with van der Waals surface area (Å²) in [5.41, 5.74) is 1.03. The molecule has 5 heteroatoms. The van der Waals surface area contributed by atoms with Gasteiger partial charge in [-0.1, -0.05) is 25.6 Å². The molecule has 0 aliphatic carbocycles. The lowest BCUT2D eigenvalue weighted by molar-refractivity contribution is 0.543. The molecule has 0 bridgehead atoms. The molecular formula is C11H18N4S. The number of amidine groups is 1. The molecule has 1 atom stereocenters.